The van der Waals surface area contributed by atoms with E-state index in [1.807, 2.05) is 27.2 Å². The maximum absolute atomic E-state index is 13.1. The molecular weight excluding hydrogens is 538 g/mol. The van der Waals surface area contributed by atoms with Gasteiger partial charge in [0.2, 0.25) is 11.9 Å². The number of rotatable bonds is 11. The maximum Gasteiger partial charge on any atom is 0.342 e. The molecule has 2 heterocycles. The number of hydrogen-bond acceptors (Lipinski definition) is 11. The molecule has 4 rings (SSSR count). The van der Waals surface area contributed by atoms with Gasteiger partial charge in [-0.25, -0.2) is 14.8 Å². The van der Waals surface area contributed by atoms with Crippen LogP contribution in [0.4, 0.5) is 23.0 Å². The first-order valence-corrected chi connectivity index (χ1v) is 13.3. The molecule has 0 aliphatic carbocycles. The second-order valence-corrected chi connectivity index (χ2v) is 10.5. The van der Waals surface area contributed by atoms with Gasteiger partial charge in [0.05, 0.1) is 47.7 Å². The van der Waals surface area contributed by atoms with Crippen molar-refractivity contribution in [2.75, 3.05) is 57.3 Å². The molecule has 0 bridgehead atoms. The second kappa shape index (κ2) is 12.3. The molecule has 0 unspecified atom stereocenters. The Bertz CT molecular complexity index is 1630. The van der Waals surface area contributed by atoms with Gasteiger partial charge in [0.1, 0.15) is 11.3 Å². The second-order valence-electron chi connectivity index (χ2n) is 10.5. The summed E-state index contributed by atoms with van der Waals surface area (Å²) in [5.74, 6) is -0.553. The Morgan fingerprint density at radius 1 is 1.10 bits per heavy atom. The van der Waals surface area contributed by atoms with Gasteiger partial charge in [-0.1, -0.05) is 0 Å². The largest absolute Gasteiger partial charge is 0.494 e. The van der Waals surface area contributed by atoms with E-state index in [2.05, 4.69) is 25.2 Å². The number of carbonyl (C=O) groups excluding carboxylic acids is 2. The number of benzene rings is 2. The minimum atomic E-state index is -0.631. The first-order valence-electron chi connectivity index (χ1n) is 13.3. The van der Waals surface area contributed by atoms with Crippen LogP contribution < -0.4 is 26.4 Å². The summed E-state index contributed by atoms with van der Waals surface area (Å²) in [6.07, 6.45) is 2.64. The lowest BCUT2D eigenvalue weighted by Crippen LogP contribution is -2.29. The van der Waals surface area contributed by atoms with E-state index in [-0.39, 0.29) is 28.9 Å². The van der Waals surface area contributed by atoms with Crippen LogP contribution >= 0.6 is 0 Å². The van der Waals surface area contributed by atoms with Crippen molar-refractivity contribution in [2.24, 2.45) is 12.8 Å². The molecule has 5 N–H and O–H groups in total. The molecule has 2 aromatic carbocycles. The van der Waals surface area contributed by atoms with Crippen molar-refractivity contribution in [3.8, 4) is 17.0 Å². The van der Waals surface area contributed by atoms with E-state index >= 15 is 0 Å². The average Bonchev–Trinajstić information content (AvgIpc) is 3.31. The van der Waals surface area contributed by atoms with E-state index in [0.717, 1.165) is 18.8 Å². The number of aryl methyl sites for hydroxylation is 1. The van der Waals surface area contributed by atoms with Gasteiger partial charge in [-0.2, -0.15) is 5.10 Å². The first-order chi connectivity index (χ1) is 19.9. The fourth-order valence-corrected chi connectivity index (χ4v) is 4.43. The monoisotopic (exact) mass is 575 g/mol. The molecule has 13 heteroatoms. The number of esters is 1. The number of likely N-dealkylation sites (N-methyl/N-ethyl adjacent to an activating group) is 2. The van der Waals surface area contributed by atoms with Crippen LogP contribution in [0, 0.1) is 0 Å². The van der Waals surface area contributed by atoms with Crippen LogP contribution in [0.25, 0.3) is 22.2 Å². The van der Waals surface area contributed by atoms with Crippen LogP contribution in [0.2, 0.25) is 0 Å². The molecule has 0 aliphatic heterocycles. The highest BCUT2D eigenvalue weighted by Gasteiger charge is 2.23. The highest BCUT2D eigenvalue weighted by molar-refractivity contribution is 6.06. The van der Waals surface area contributed by atoms with Crippen LogP contribution in [0.15, 0.2) is 36.7 Å². The summed E-state index contributed by atoms with van der Waals surface area (Å²) in [5.41, 5.74) is 15.7. The van der Waals surface area contributed by atoms with E-state index < -0.39 is 11.9 Å². The Labute approximate surface area is 244 Å². The predicted molar refractivity (Wildman–Crippen MR) is 163 cm³/mol. The highest BCUT2D eigenvalue weighted by Crippen LogP contribution is 2.37. The van der Waals surface area contributed by atoms with Crippen LogP contribution in [-0.2, 0) is 11.8 Å². The SMILES string of the molecule is COc1cc(N(C)CCN(C)C)c(N)cc1Nc1ncc(C(=O)OC(C)C)c(-c2cc(C(N)=O)cc3c2cnn3C)n1. The number of hydrogen-bond donors (Lipinski definition) is 3. The molecule has 0 aliphatic rings. The zero-order valence-corrected chi connectivity index (χ0v) is 24.9. The molecule has 1 amide bonds. The Hall–Kier alpha value is -4.91. The number of anilines is 4. The molecule has 222 valence electrons. The molecule has 4 aromatic rings. The highest BCUT2D eigenvalue weighted by atomic mass is 16.5. The van der Waals surface area contributed by atoms with Gasteiger partial charge in [0.25, 0.3) is 0 Å². The third-order valence-corrected chi connectivity index (χ3v) is 6.65. The number of nitrogens with zero attached hydrogens (tertiary/aromatic N) is 6. The number of nitrogens with one attached hydrogen (secondary N) is 1. The number of amides is 1. The van der Waals surface area contributed by atoms with E-state index in [1.54, 1.807) is 57.1 Å². The summed E-state index contributed by atoms with van der Waals surface area (Å²) >= 11 is 0. The minimum absolute atomic E-state index is 0.116. The number of carbonyl (C=O) groups is 2. The first kappa shape index (κ1) is 30.1. The minimum Gasteiger partial charge on any atom is -0.494 e. The van der Waals surface area contributed by atoms with Crippen molar-refractivity contribution >= 4 is 45.8 Å². The number of methoxy groups -OCH3 is 1. The molecule has 0 fully saturated rings. The molecule has 42 heavy (non-hydrogen) atoms. The zero-order chi connectivity index (χ0) is 30.7. The molecular formula is C29H37N9O4. The van der Waals surface area contributed by atoms with Gasteiger partial charge in [0, 0.05) is 56.0 Å². The number of aromatic nitrogens is 4. The molecule has 13 nitrogen and oxygen atoms in total. The predicted octanol–water partition coefficient (Wildman–Crippen LogP) is 3.03. The van der Waals surface area contributed by atoms with Crippen molar-refractivity contribution in [3.63, 3.8) is 0 Å². The smallest absolute Gasteiger partial charge is 0.342 e. The molecule has 0 radical (unpaired) electrons. The van der Waals surface area contributed by atoms with Gasteiger partial charge in [-0.3, -0.25) is 9.48 Å². The third-order valence-electron chi connectivity index (χ3n) is 6.65. The van der Waals surface area contributed by atoms with Crippen LogP contribution in [0.1, 0.15) is 34.6 Å². The normalized spacial score (nSPS) is 11.3. The van der Waals surface area contributed by atoms with E-state index in [9.17, 15) is 9.59 Å². The van der Waals surface area contributed by atoms with Crippen molar-refractivity contribution in [1.29, 1.82) is 0 Å². The summed E-state index contributed by atoms with van der Waals surface area (Å²) in [7, 11) is 9.29. The number of ether oxygens (including phenoxy) is 2. The molecule has 0 atom stereocenters. The van der Waals surface area contributed by atoms with E-state index in [0.29, 0.717) is 33.6 Å². The Kier molecular flexibility index (Phi) is 8.81. The van der Waals surface area contributed by atoms with Crippen LogP contribution in [0.3, 0.4) is 0 Å². The summed E-state index contributed by atoms with van der Waals surface area (Å²) < 4.78 is 12.8. The summed E-state index contributed by atoms with van der Waals surface area (Å²) in [6.45, 7) is 5.11. The summed E-state index contributed by atoms with van der Waals surface area (Å²) in [5, 5.41) is 8.16. The molecule has 0 saturated carbocycles. The Morgan fingerprint density at radius 2 is 1.83 bits per heavy atom. The maximum atomic E-state index is 13.1. The third kappa shape index (κ3) is 6.36. The summed E-state index contributed by atoms with van der Waals surface area (Å²) in [6, 6.07) is 6.82. The van der Waals surface area contributed by atoms with Gasteiger partial charge in [-0.05, 0) is 46.1 Å². The lowest BCUT2D eigenvalue weighted by Gasteiger charge is -2.24. The lowest BCUT2D eigenvalue weighted by molar-refractivity contribution is 0.0378. The van der Waals surface area contributed by atoms with E-state index in [4.69, 9.17) is 25.9 Å². The fraction of sp³-hybridized carbons (Fsp3) is 0.345. The lowest BCUT2D eigenvalue weighted by atomic mass is 10.00. The van der Waals surface area contributed by atoms with Crippen molar-refractivity contribution in [1.82, 2.24) is 24.6 Å². The van der Waals surface area contributed by atoms with Crippen molar-refractivity contribution < 1.29 is 19.1 Å². The number of nitrogen functional groups attached to an aromatic ring is 1. The topological polar surface area (TPSA) is 167 Å². The van der Waals surface area contributed by atoms with Gasteiger partial charge >= 0.3 is 5.97 Å². The van der Waals surface area contributed by atoms with Crippen LogP contribution in [-0.4, -0.2) is 84.0 Å². The standard InChI is InChI=1S/C29H37N9O4/c1-16(2)42-28(40)20-14-32-29(34-22-12-21(30)24(13-25(22)41-7)37(5)9-8-36(3)4)35-26(20)18-10-17(27(31)39)11-23-19(18)15-33-38(23)6/h10-16H,8-9,30H2,1-7H3,(H2,31,39)(H,32,34,35). The summed E-state index contributed by atoms with van der Waals surface area (Å²) in [4.78, 5) is 38.6. The van der Waals surface area contributed by atoms with Crippen molar-refractivity contribution in [3.05, 3.63) is 47.8 Å². The Morgan fingerprint density at radius 3 is 2.48 bits per heavy atom. The number of fused-ring (bicyclic) bond motifs is 1. The van der Waals surface area contributed by atoms with Crippen molar-refractivity contribution in [2.45, 2.75) is 20.0 Å². The quantitative estimate of drug-likeness (QED) is 0.178. The van der Waals surface area contributed by atoms with Gasteiger partial charge < -0.3 is 36.1 Å². The fourth-order valence-electron chi connectivity index (χ4n) is 4.43. The average molecular weight is 576 g/mol. The van der Waals surface area contributed by atoms with Crippen LogP contribution in [0.5, 0.6) is 5.75 Å². The number of nitrogens with two attached hydrogens (primary N) is 2. The van der Waals surface area contributed by atoms with Gasteiger partial charge in [-0.15, -0.1) is 0 Å². The molecule has 0 saturated heterocycles. The molecule has 0 spiro atoms. The Balaban J connectivity index is 1.83. The zero-order valence-electron chi connectivity index (χ0n) is 24.9. The number of primary amides is 1. The molecule has 2 aromatic heterocycles. The van der Waals surface area contributed by atoms with Gasteiger partial charge in [0.15, 0.2) is 0 Å². The van der Waals surface area contributed by atoms with E-state index in [1.165, 1.54) is 6.20 Å².